The van der Waals surface area contributed by atoms with E-state index in [1.807, 2.05) is 6.07 Å². The monoisotopic (exact) mass is 310 g/mol. The summed E-state index contributed by atoms with van der Waals surface area (Å²) in [5.74, 6) is 0. The SMILES string of the molecule is CCCCCCCCOP(OCCCC)c1ccccc1. The Morgan fingerprint density at radius 3 is 1.95 bits per heavy atom. The Balaban J connectivity index is 2.26. The van der Waals surface area contributed by atoms with Crippen molar-refractivity contribution in [1.29, 1.82) is 0 Å². The van der Waals surface area contributed by atoms with Crippen LogP contribution in [0.5, 0.6) is 0 Å². The summed E-state index contributed by atoms with van der Waals surface area (Å²) in [5, 5.41) is 1.19. The maximum absolute atomic E-state index is 6.02. The standard InChI is InChI=1S/C18H31O2P/c1-3-5-7-8-9-13-17-20-21(19-16-6-4-2)18-14-11-10-12-15-18/h10-12,14-15H,3-9,13,16-17H2,1-2H3. The number of benzene rings is 1. The van der Waals surface area contributed by atoms with Crippen molar-refractivity contribution < 1.29 is 9.05 Å². The van der Waals surface area contributed by atoms with Crippen LogP contribution < -0.4 is 5.30 Å². The zero-order valence-electron chi connectivity index (χ0n) is 13.7. The van der Waals surface area contributed by atoms with Crippen LogP contribution in [0.25, 0.3) is 0 Å². The normalized spacial score (nSPS) is 12.5. The molecule has 1 aromatic rings. The Morgan fingerprint density at radius 2 is 1.29 bits per heavy atom. The molecule has 1 rings (SSSR count). The van der Waals surface area contributed by atoms with Crippen LogP contribution in [0.3, 0.4) is 0 Å². The Kier molecular flexibility index (Phi) is 11.7. The quantitative estimate of drug-likeness (QED) is 0.338. The van der Waals surface area contributed by atoms with E-state index < -0.39 is 8.38 Å². The van der Waals surface area contributed by atoms with Gasteiger partial charge in [0.05, 0.1) is 13.2 Å². The van der Waals surface area contributed by atoms with E-state index in [1.54, 1.807) is 0 Å². The molecule has 0 heterocycles. The fraction of sp³-hybridized carbons (Fsp3) is 0.667. The molecule has 0 radical (unpaired) electrons. The van der Waals surface area contributed by atoms with E-state index >= 15 is 0 Å². The van der Waals surface area contributed by atoms with Gasteiger partial charge in [0.25, 0.3) is 0 Å². The van der Waals surface area contributed by atoms with Gasteiger partial charge in [-0.3, -0.25) is 0 Å². The summed E-state index contributed by atoms with van der Waals surface area (Å²) in [6.45, 7) is 6.06. The van der Waals surface area contributed by atoms with Crippen molar-refractivity contribution in [2.75, 3.05) is 13.2 Å². The zero-order valence-corrected chi connectivity index (χ0v) is 14.6. The molecule has 0 N–H and O–H groups in total. The smallest absolute Gasteiger partial charge is 0.205 e. The number of unbranched alkanes of at least 4 members (excludes halogenated alkanes) is 6. The van der Waals surface area contributed by atoms with Crippen LogP contribution in [-0.2, 0) is 9.05 Å². The Bertz CT molecular complexity index is 329. The second kappa shape index (κ2) is 13.2. The summed E-state index contributed by atoms with van der Waals surface area (Å²) in [5.41, 5.74) is 0. The van der Waals surface area contributed by atoms with Gasteiger partial charge in [0.15, 0.2) is 0 Å². The molecular weight excluding hydrogens is 279 g/mol. The molecule has 1 atom stereocenters. The molecule has 3 heteroatoms. The molecular formula is C18H31O2P. The molecule has 0 saturated heterocycles. The third-order valence-corrected chi connectivity index (χ3v) is 4.93. The highest BCUT2D eigenvalue weighted by atomic mass is 31.2. The average Bonchev–Trinajstić information content (AvgIpc) is 2.53. The number of hydrogen-bond donors (Lipinski definition) is 0. The van der Waals surface area contributed by atoms with Gasteiger partial charge in [0.1, 0.15) is 0 Å². The summed E-state index contributed by atoms with van der Waals surface area (Å²) >= 11 is 0. The van der Waals surface area contributed by atoms with E-state index in [0.29, 0.717) is 0 Å². The van der Waals surface area contributed by atoms with Crippen molar-refractivity contribution >= 4 is 13.7 Å². The van der Waals surface area contributed by atoms with Crippen LogP contribution in [0.15, 0.2) is 30.3 Å². The first-order valence-electron chi connectivity index (χ1n) is 8.49. The highest BCUT2D eigenvalue weighted by molar-refractivity contribution is 7.56. The van der Waals surface area contributed by atoms with E-state index in [4.69, 9.17) is 9.05 Å². The first kappa shape index (κ1) is 18.6. The summed E-state index contributed by atoms with van der Waals surface area (Å²) in [7, 11) is -0.895. The van der Waals surface area contributed by atoms with Crippen molar-refractivity contribution in [3.63, 3.8) is 0 Å². The third-order valence-electron chi connectivity index (χ3n) is 3.38. The third kappa shape index (κ3) is 9.24. The van der Waals surface area contributed by atoms with E-state index in [9.17, 15) is 0 Å². The first-order chi connectivity index (χ1) is 10.4. The van der Waals surface area contributed by atoms with E-state index in [-0.39, 0.29) is 0 Å². The number of hydrogen-bond acceptors (Lipinski definition) is 2. The molecule has 0 aromatic heterocycles. The van der Waals surface area contributed by atoms with Crippen LogP contribution in [0.4, 0.5) is 0 Å². The van der Waals surface area contributed by atoms with E-state index in [0.717, 1.165) is 32.5 Å². The highest BCUT2D eigenvalue weighted by Gasteiger charge is 2.12. The zero-order chi connectivity index (χ0) is 15.2. The summed E-state index contributed by atoms with van der Waals surface area (Å²) in [6.07, 6.45) is 10.0. The average molecular weight is 310 g/mol. The molecule has 0 saturated carbocycles. The highest BCUT2D eigenvalue weighted by Crippen LogP contribution is 2.37. The molecule has 21 heavy (non-hydrogen) atoms. The van der Waals surface area contributed by atoms with E-state index in [2.05, 4.69) is 38.1 Å². The number of rotatable bonds is 13. The Morgan fingerprint density at radius 1 is 0.714 bits per heavy atom. The van der Waals surface area contributed by atoms with Gasteiger partial charge in [-0.05, 0) is 25.0 Å². The maximum Gasteiger partial charge on any atom is 0.205 e. The van der Waals surface area contributed by atoms with Gasteiger partial charge in [-0.2, -0.15) is 0 Å². The van der Waals surface area contributed by atoms with E-state index in [1.165, 1.54) is 37.4 Å². The van der Waals surface area contributed by atoms with Crippen molar-refractivity contribution in [2.45, 2.75) is 65.2 Å². The second-order valence-electron chi connectivity index (χ2n) is 5.38. The lowest BCUT2D eigenvalue weighted by atomic mass is 10.1. The molecule has 0 aliphatic carbocycles. The Labute approximate surface area is 132 Å². The maximum atomic E-state index is 6.02. The van der Waals surface area contributed by atoms with Crippen LogP contribution in [-0.4, -0.2) is 13.2 Å². The minimum Gasteiger partial charge on any atom is -0.331 e. The van der Waals surface area contributed by atoms with Gasteiger partial charge in [-0.1, -0.05) is 70.6 Å². The van der Waals surface area contributed by atoms with Crippen molar-refractivity contribution in [3.05, 3.63) is 30.3 Å². The second-order valence-corrected chi connectivity index (χ2v) is 6.93. The van der Waals surface area contributed by atoms with Crippen LogP contribution in [0, 0.1) is 0 Å². The lowest BCUT2D eigenvalue weighted by Crippen LogP contribution is -2.07. The summed E-state index contributed by atoms with van der Waals surface area (Å²) in [4.78, 5) is 0. The predicted molar refractivity (Wildman–Crippen MR) is 93.2 cm³/mol. The van der Waals surface area contributed by atoms with Crippen molar-refractivity contribution in [1.82, 2.24) is 0 Å². The molecule has 1 unspecified atom stereocenters. The minimum atomic E-state index is -0.895. The van der Waals surface area contributed by atoms with Crippen molar-refractivity contribution in [2.24, 2.45) is 0 Å². The van der Waals surface area contributed by atoms with Gasteiger partial charge in [-0.25, -0.2) is 0 Å². The molecule has 0 fully saturated rings. The van der Waals surface area contributed by atoms with Crippen LogP contribution in [0.2, 0.25) is 0 Å². The summed E-state index contributed by atoms with van der Waals surface area (Å²) in [6, 6.07) is 10.4. The molecule has 2 nitrogen and oxygen atoms in total. The van der Waals surface area contributed by atoms with Crippen LogP contribution in [0.1, 0.15) is 65.2 Å². The van der Waals surface area contributed by atoms with Gasteiger partial charge < -0.3 is 9.05 Å². The van der Waals surface area contributed by atoms with Gasteiger partial charge >= 0.3 is 0 Å². The molecule has 120 valence electrons. The predicted octanol–water partition coefficient (Wildman–Crippen LogP) is 5.82. The lowest BCUT2D eigenvalue weighted by Gasteiger charge is -2.17. The molecule has 1 aromatic carbocycles. The first-order valence-corrected chi connectivity index (χ1v) is 9.67. The summed E-state index contributed by atoms with van der Waals surface area (Å²) < 4.78 is 12.0. The van der Waals surface area contributed by atoms with Gasteiger partial charge in [0.2, 0.25) is 8.38 Å². The molecule has 0 aliphatic rings. The molecule has 0 aliphatic heterocycles. The Hall–Kier alpha value is -0.430. The largest absolute Gasteiger partial charge is 0.331 e. The molecule has 0 amide bonds. The fourth-order valence-corrected chi connectivity index (χ4v) is 3.44. The molecule has 0 bridgehead atoms. The van der Waals surface area contributed by atoms with Crippen molar-refractivity contribution in [3.8, 4) is 0 Å². The van der Waals surface area contributed by atoms with Gasteiger partial charge in [-0.15, -0.1) is 0 Å². The van der Waals surface area contributed by atoms with Gasteiger partial charge in [0, 0.05) is 5.30 Å². The lowest BCUT2D eigenvalue weighted by molar-refractivity contribution is 0.248. The van der Waals surface area contributed by atoms with Crippen LogP contribution >= 0.6 is 8.38 Å². The fourth-order valence-electron chi connectivity index (χ4n) is 2.06. The molecule has 0 spiro atoms. The minimum absolute atomic E-state index is 0.799. The topological polar surface area (TPSA) is 18.5 Å².